The first-order valence-corrected chi connectivity index (χ1v) is 10.9. The summed E-state index contributed by atoms with van der Waals surface area (Å²) in [6.07, 6.45) is 0.461. The number of benzene rings is 1. The van der Waals surface area contributed by atoms with Gasteiger partial charge in [-0.3, -0.25) is 0 Å². The maximum Gasteiger partial charge on any atom is 0.480 e. The van der Waals surface area contributed by atoms with Crippen LogP contribution in [0.25, 0.3) is 0 Å². The van der Waals surface area contributed by atoms with Crippen molar-refractivity contribution in [2.24, 2.45) is 0 Å². The average molecular weight is 434 g/mol. The van der Waals surface area contributed by atoms with Gasteiger partial charge in [0.05, 0.1) is 28.8 Å². The van der Waals surface area contributed by atoms with Crippen LogP contribution in [0.15, 0.2) is 18.2 Å². The lowest BCUT2D eigenvalue weighted by Gasteiger charge is -2.32. The Morgan fingerprint density at radius 3 is 2.32 bits per heavy atom. The molecule has 1 N–H and O–H groups in total. The fourth-order valence-electron chi connectivity index (χ4n) is 2.49. The second-order valence-corrected chi connectivity index (χ2v) is 11.3. The van der Waals surface area contributed by atoms with E-state index in [1.165, 1.54) is 12.1 Å². The van der Waals surface area contributed by atoms with Gasteiger partial charge in [0.2, 0.25) is 0 Å². The molecule has 0 aromatic heterocycles. The summed E-state index contributed by atoms with van der Waals surface area (Å²) in [5.41, 5.74) is -0.998. The molecule has 9 heteroatoms. The molecule has 158 valence electrons. The third kappa shape index (κ3) is 5.77. The Balaban J connectivity index is 2.07. The molecule has 0 aliphatic carbocycles. The summed E-state index contributed by atoms with van der Waals surface area (Å²) >= 11 is 4.39. The van der Waals surface area contributed by atoms with Gasteiger partial charge in [-0.1, -0.05) is 11.6 Å². The second-order valence-electron chi connectivity index (χ2n) is 8.94. The SMILES string of the molecule is CC(C)(C)[S@@+]([O-])N[C@@H](CCOc1ccc(Cl)c(F)c1)B1OC(C)(C)C(C)(C)O1. The van der Waals surface area contributed by atoms with Crippen LogP contribution in [0.3, 0.4) is 0 Å². The Morgan fingerprint density at radius 2 is 1.82 bits per heavy atom. The van der Waals surface area contributed by atoms with Crippen LogP contribution >= 0.6 is 11.6 Å². The molecule has 28 heavy (non-hydrogen) atoms. The zero-order chi connectivity index (χ0) is 21.3. The van der Waals surface area contributed by atoms with E-state index in [0.717, 1.165) is 0 Å². The molecule has 0 amide bonds. The highest BCUT2D eigenvalue weighted by Gasteiger charge is 2.55. The molecule has 1 aliphatic rings. The quantitative estimate of drug-likeness (QED) is 0.513. The van der Waals surface area contributed by atoms with E-state index in [-0.39, 0.29) is 17.6 Å². The van der Waals surface area contributed by atoms with Gasteiger partial charge >= 0.3 is 7.12 Å². The van der Waals surface area contributed by atoms with E-state index < -0.39 is 40.2 Å². The highest BCUT2D eigenvalue weighted by atomic mass is 35.5. The van der Waals surface area contributed by atoms with Gasteiger partial charge in [0.25, 0.3) is 0 Å². The summed E-state index contributed by atoms with van der Waals surface area (Å²) in [7, 11) is -0.582. The Morgan fingerprint density at radius 1 is 1.25 bits per heavy atom. The Bertz CT molecular complexity index is 670. The summed E-state index contributed by atoms with van der Waals surface area (Å²) < 4.78 is 46.8. The summed E-state index contributed by atoms with van der Waals surface area (Å²) in [6, 6.07) is 4.30. The van der Waals surface area contributed by atoms with E-state index in [1.54, 1.807) is 6.07 Å². The average Bonchev–Trinajstić information content (AvgIpc) is 2.76. The molecular weight excluding hydrogens is 404 g/mol. The van der Waals surface area contributed by atoms with Crippen molar-refractivity contribution in [3.8, 4) is 5.75 Å². The molecule has 1 aromatic carbocycles. The fraction of sp³-hybridized carbons (Fsp3) is 0.684. The second kappa shape index (κ2) is 8.70. The molecule has 2 rings (SSSR count). The summed E-state index contributed by atoms with van der Waals surface area (Å²) in [5, 5.41) is 0.0460. The van der Waals surface area contributed by atoms with Gasteiger partial charge in [0, 0.05) is 17.4 Å². The number of halogens is 2. The van der Waals surface area contributed by atoms with Gasteiger partial charge in [-0.15, -0.1) is 4.72 Å². The van der Waals surface area contributed by atoms with Gasteiger partial charge in [0.1, 0.15) is 16.3 Å². The van der Waals surface area contributed by atoms with E-state index in [4.69, 9.17) is 25.6 Å². The topological polar surface area (TPSA) is 62.8 Å². The van der Waals surface area contributed by atoms with Gasteiger partial charge < -0.3 is 18.6 Å². The molecule has 0 spiro atoms. The van der Waals surface area contributed by atoms with E-state index in [2.05, 4.69) is 4.72 Å². The predicted molar refractivity (Wildman–Crippen MR) is 112 cm³/mol. The standard InChI is InChI=1S/C19H30BClFNO4S/c1-17(2,3)28(24)23-16(20-26-18(4,5)19(6,7)27-20)10-11-25-13-8-9-14(21)15(22)12-13/h8-9,12,16,23H,10-11H2,1-7H3/t16-,28+/m0/s1. The smallest absolute Gasteiger partial charge is 0.480 e. The van der Waals surface area contributed by atoms with Crippen molar-refractivity contribution in [3.05, 3.63) is 29.0 Å². The number of hydrogen-bond donors (Lipinski definition) is 1. The van der Waals surface area contributed by atoms with E-state index >= 15 is 0 Å². The van der Waals surface area contributed by atoms with Crippen molar-refractivity contribution < 1.29 is 23.0 Å². The van der Waals surface area contributed by atoms with Crippen molar-refractivity contribution in [1.82, 2.24) is 4.72 Å². The Kier molecular flexibility index (Phi) is 7.38. The van der Waals surface area contributed by atoms with Crippen molar-refractivity contribution in [2.45, 2.75) is 76.8 Å². The molecule has 0 radical (unpaired) electrons. The lowest BCUT2D eigenvalue weighted by Crippen LogP contribution is -2.52. The maximum absolute atomic E-state index is 13.6. The monoisotopic (exact) mass is 433 g/mol. The zero-order valence-electron chi connectivity index (χ0n) is 17.6. The third-order valence-corrected chi connectivity index (χ3v) is 6.94. The summed E-state index contributed by atoms with van der Waals surface area (Å²) in [6.45, 7) is 13.8. The molecule has 1 aromatic rings. The van der Waals surface area contributed by atoms with Gasteiger partial charge in [0.15, 0.2) is 0 Å². The van der Waals surface area contributed by atoms with Gasteiger partial charge in [-0.25, -0.2) is 4.39 Å². The Hall–Kier alpha value is -0.505. The van der Waals surface area contributed by atoms with Crippen LogP contribution in [0.4, 0.5) is 4.39 Å². The van der Waals surface area contributed by atoms with Crippen LogP contribution in [-0.4, -0.2) is 40.2 Å². The minimum atomic E-state index is -1.31. The molecule has 1 saturated heterocycles. The predicted octanol–water partition coefficient (Wildman–Crippen LogP) is 4.30. The lowest BCUT2D eigenvalue weighted by atomic mass is 9.77. The highest BCUT2D eigenvalue weighted by molar-refractivity contribution is 7.90. The first kappa shape index (κ1) is 23.8. The van der Waals surface area contributed by atoms with Crippen LogP contribution in [0, 0.1) is 5.82 Å². The number of hydrogen-bond acceptors (Lipinski definition) is 5. The molecule has 1 heterocycles. The molecule has 0 unspecified atom stereocenters. The zero-order valence-corrected chi connectivity index (χ0v) is 19.2. The minimum Gasteiger partial charge on any atom is -0.598 e. The van der Waals surface area contributed by atoms with Gasteiger partial charge in [-0.2, -0.15) is 0 Å². The fourth-order valence-corrected chi connectivity index (χ4v) is 3.46. The largest absolute Gasteiger partial charge is 0.598 e. The van der Waals surface area contributed by atoms with Crippen molar-refractivity contribution in [3.63, 3.8) is 0 Å². The third-order valence-electron chi connectivity index (χ3n) is 5.00. The van der Waals surface area contributed by atoms with E-state index in [9.17, 15) is 8.94 Å². The van der Waals surface area contributed by atoms with E-state index in [0.29, 0.717) is 12.2 Å². The van der Waals surface area contributed by atoms with Crippen LogP contribution in [0.2, 0.25) is 5.02 Å². The number of nitrogens with one attached hydrogen (secondary N) is 1. The number of ether oxygens (including phenoxy) is 1. The van der Waals surface area contributed by atoms with Crippen LogP contribution in [-0.2, 0) is 20.7 Å². The highest BCUT2D eigenvalue weighted by Crippen LogP contribution is 2.38. The maximum atomic E-state index is 13.6. The van der Waals surface area contributed by atoms with Gasteiger partial charge in [-0.05, 0) is 67.0 Å². The summed E-state index contributed by atoms with van der Waals surface area (Å²) in [4.78, 5) is 0. The first-order chi connectivity index (χ1) is 12.7. The molecular formula is C19H30BClFNO4S. The lowest BCUT2D eigenvalue weighted by molar-refractivity contribution is 0.00578. The summed E-state index contributed by atoms with van der Waals surface area (Å²) in [5.74, 6) is -0.515. The molecule has 1 fully saturated rings. The van der Waals surface area contributed by atoms with Crippen molar-refractivity contribution in [2.75, 3.05) is 6.61 Å². The Labute approximate surface area is 176 Å². The van der Waals surface area contributed by atoms with Crippen LogP contribution in [0.5, 0.6) is 5.75 Å². The normalized spacial score (nSPS) is 20.9. The first-order valence-electron chi connectivity index (χ1n) is 9.34. The molecule has 5 nitrogen and oxygen atoms in total. The van der Waals surface area contributed by atoms with Crippen LogP contribution in [0.1, 0.15) is 54.9 Å². The van der Waals surface area contributed by atoms with Crippen molar-refractivity contribution in [1.29, 1.82) is 0 Å². The molecule has 1 aliphatic heterocycles. The molecule has 0 saturated carbocycles. The van der Waals surface area contributed by atoms with Crippen LogP contribution < -0.4 is 9.46 Å². The minimum absolute atomic E-state index is 0.0460. The van der Waals surface area contributed by atoms with Crippen molar-refractivity contribution >= 4 is 30.1 Å². The van der Waals surface area contributed by atoms with E-state index in [1.807, 2.05) is 48.5 Å². The molecule has 0 bridgehead atoms. The number of rotatable bonds is 7. The molecule has 2 atom stereocenters.